The van der Waals surface area contributed by atoms with Gasteiger partial charge in [-0.05, 0) is 47.9 Å². The van der Waals surface area contributed by atoms with E-state index in [1.54, 1.807) is 0 Å². The Morgan fingerprint density at radius 2 is 1.68 bits per heavy atom. The maximum Gasteiger partial charge on any atom is 0.184 e. The molecule has 0 aromatic carbocycles. The van der Waals surface area contributed by atoms with Crippen LogP contribution in [0.2, 0.25) is 0 Å². The third-order valence-electron chi connectivity index (χ3n) is 8.31. The lowest BCUT2D eigenvalue weighted by Crippen LogP contribution is -2.42. The first-order valence-electron chi connectivity index (χ1n) is 11.6. The number of hydrogen-bond acceptors (Lipinski definition) is 6. The molecule has 0 N–H and O–H groups in total. The lowest BCUT2D eigenvalue weighted by Gasteiger charge is -2.37. The average Bonchev–Trinajstić information content (AvgIpc) is 3.04. The fourth-order valence-electron chi connectivity index (χ4n) is 6.04. The van der Waals surface area contributed by atoms with Crippen molar-refractivity contribution in [2.45, 2.75) is 78.1 Å². The summed E-state index contributed by atoms with van der Waals surface area (Å²) in [5.41, 5.74) is -1.22. The van der Waals surface area contributed by atoms with Gasteiger partial charge in [-0.2, -0.15) is 0 Å². The van der Waals surface area contributed by atoms with Crippen LogP contribution in [0.3, 0.4) is 0 Å². The van der Waals surface area contributed by atoms with Crippen molar-refractivity contribution < 1.29 is 27.4 Å². The molecule has 0 spiro atoms. The summed E-state index contributed by atoms with van der Waals surface area (Å²) in [4.78, 5) is 35.0. The van der Waals surface area contributed by atoms with Gasteiger partial charge in [0, 0.05) is 17.8 Å². The third kappa shape index (κ3) is 5.61. The average molecular weight is 473 g/mol. The zero-order chi connectivity index (χ0) is 22.9. The van der Waals surface area contributed by atoms with E-state index in [1.165, 1.54) is 19.3 Å². The third-order valence-corrected chi connectivity index (χ3v) is 11.4. The molecule has 4 fully saturated rings. The van der Waals surface area contributed by atoms with Crippen molar-refractivity contribution in [2.75, 3.05) is 23.0 Å². The molecule has 1 aliphatic heterocycles. The SMILES string of the molecule is CC1(C)C2CCC1(CS(=O)(=O)[O-])C(=O)C2.O=C1CC[S+](CC(=O)C2CCCCC2)CC1. The van der Waals surface area contributed by atoms with Gasteiger partial charge in [-0.1, -0.05) is 33.1 Å². The van der Waals surface area contributed by atoms with Crippen LogP contribution < -0.4 is 0 Å². The molecule has 4 aliphatic rings. The van der Waals surface area contributed by atoms with E-state index in [0.717, 1.165) is 49.4 Å². The van der Waals surface area contributed by atoms with Crippen molar-refractivity contribution in [3.8, 4) is 0 Å². The van der Waals surface area contributed by atoms with Gasteiger partial charge >= 0.3 is 0 Å². The number of Topliss-reactive ketones (excluding diaryl/α,β-unsaturated/α-hetero) is 3. The highest BCUT2D eigenvalue weighted by molar-refractivity contribution is 7.97. The second-order valence-corrected chi connectivity index (χ2v) is 14.1. The van der Waals surface area contributed by atoms with Gasteiger partial charge in [0.25, 0.3) is 0 Å². The van der Waals surface area contributed by atoms with E-state index in [1.807, 2.05) is 13.8 Å². The first-order valence-corrected chi connectivity index (χ1v) is 14.9. The number of rotatable bonds is 5. The van der Waals surface area contributed by atoms with Crippen LogP contribution in [0.15, 0.2) is 0 Å². The number of hydrogen-bond donors (Lipinski definition) is 0. The number of fused-ring (bicyclic) bond motifs is 2. The molecule has 0 radical (unpaired) electrons. The minimum Gasteiger partial charge on any atom is -0.748 e. The number of ketones is 3. The maximum atomic E-state index is 12.1. The molecule has 3 aliphatic carbocycles. The van der Waals surface area contributed by atoms with Crippen molar-refractivity contribution in [1.29, 1.82) is 0 Å². The summed E-state index contributed by atoms with van der Waals surface area (Å²) in [7, 11) is -4.09. The lowest BCUT2D eigenvalue weighted by molar-refractivity contribution is -0.128. The van der Waals surface area contributed by atoms with Crippen molar-refractivity contribution in [3.63, 3.8) is 0 Å². The van der Waals surface area contributed by atoms with Crippen LogP contribution >= 0.6 is 0 Å². The normalized spacial score (nSPS) is 31.4. The summed E-state index contributed by atoms with van der Waals surface area (Å²) >= 11 is 0. The van der Waals surface area contributed by atoms with Crippen LogP contribution in [0.25, 0.3) is 0 Å². The molecule has 2 bridgehead atoms. The van der Waals surface area contributed by atoms with E-state index < -0.39 is 21.3 Å². The number of carbonyl (C=O) groups is 3. The van der Waals surface area contributed by atoms with Gasteiger partial charge < -0.3 is 4.55 Å². The Morgan fingerprint density at radius 3 is 2.16 bits per heavy atom. The molecule has 1 heterocycles. The molecule has 6 nitrogen and oxygen atoms in total. The van der Waals surface area contributed by atoms with E-state index in [0.29, 0.717) is 30.3 Å². The Kier molecular flexibility index (Phi) is 7.74. The van der Waals surface area contributed by atoms with Crippen LogP contribution in [-0.2, 0) is 35.4 Å². The fourth-order valence-corrected chi connectivity index (χ4v) is 9.49. The molecule has 3 saturated carbocycles. The zero-order valence-electron chi connectivity index (χ0n) is 18.8. The van der Waals surface area contributed by atoms with E-state index in [2.05, 4.69) is 0 Å². The molecule has 4 rings (SSSR count). The van der Waals surface area contributed by atoms with Crippen molar-refractivity contribution >= 4 is 38.4 Å². The summed E-state index contributed by atoms with van der Waals surface area (Å²) < 4.78 is 32.7. The van der Waals surface area contributed by atoms with Crippen molar-refractivity contribution in [3.05, 3.63) is 0 Å². The van der Waals surface area contributed by atoms with Gasteiger partial charge in [-0.3, -0.25) is 14.4 Å². The fraction of sp³-hybridized carbons (Fsp3) is 0.870. The van der Waals surface area contributed by atoms with E-state index in [4.69, 9.17) is 0 Å². The van der Waals surface area contributed by atoms with Gasteiger partial charge in [0.1, 0.15) is 23.1 Å². The minimum absolute atomic E-state index is 0.0248. The molecule has 0 aromatic heterocycles. The van der Waals surface area contributed by atoms with Crippen molar-refractivity contribution in [2.24, 2.45) is 22.7 Å². The van der Waals surface area contributed by atoms with Crippen LogP contribution in [0.4, 0.5) is 0 Å². The summed E-state index contributed by atoms with van der Waals surface area (Å²) in [6.45, 7) is 3.83. The Bertz CT molecular complexity index is 802. The summed E-state index contributed by atoms with van der Waals surface area (Å²) in [5.74, 6) is 3.72. The van der Waals surface area contributed by atoms with Crippen molar-refractivity contribution in [1.82, 2.24) is 0 Å². The predicted octanol–water partition coefficient (Wildman–Crippen LogP) is 3.04. The summed E-state index contributed by atoms with van der Waals surface area (Å²) in [6, 6.07) is 0. The number of carbonyl (C=O) groups excluding carboxylic acids is 3. The van der Waals surface area contributed by atoms with Gasteiger partial charge in [0.2, 0.25) is 0 Å². The standard InChI is InChI=1S/C13H21O2S.C10H16O4S/c14-12-6-8-16(9-7-12)10-13(15)11-4-2-1-3-5-11;1-9(2)7-3-4-10(9,8(11)5-7)6-15(12,13)14/h11H,1-10H2;7H,3-6H2,1-2H3,(H,12,13,14)/q+1;/p-1. The molecular formula is C23H36O6S2. The van der Waals surface area contributed by atoms with Crippen LogP contribution in [-0.4, -0.2) is 53.3 Å². The molecule has 176 valence electrons. The first kappa shape index (κ1) is 24.9. The highest BCUT2D eigenvalue weighted by Crippen LogP contribution is 2.64. The van der Waals surface area contributed by atoms with E-state index >= 15 is 0 Å². The Balaban J connectivity index is 0.000000176. The highest BCUT2D eigenvalue weighted by atomic mass is 32.2. The largest absolute Gasteiger partial charge is 0.748 e. The first-order chi connectivity index (χ1) is 14.4. The Morgan fingerprint density at radius 1 is 1.06 bits per heavy atom. The molecular weight excluding hydrogens is 436 g/mol. The van der Waals surface area contributed by atoms with Crippen LogP contribution in [0.5, 0.6) is 0 Å². The Hall–Kier alpha value is -0.730. The maximum absolute atomic E-state index is 12.1. The zero-order valence-corrected chi connectivity index (χ0v) is 20.5. The van der Waals surface area contributed by atoms with Crippen LogP contribution in [0.1, 0.15) is 78.1 Å². The second-order valence-electron chi connectivity index (χ2n) is 10.4. The second kappa shape index (κ2) is 9.64. The minimum atomic E-state index is -4.33. The lowest BCUT2D eigenvalue weighted by atomic mass is 9.70. The summed E-state index contributed by atoms with van der Waals surface area (Å²) in [6.07, 6.45) is 9.35. The monoisotopic (exact) mass is 472 g/mol. The quantitative estimate of drug-likeness (QED) is 0.449. The van der Waals surface area contributed by atoms with E-state index in [-0.39, 0.29) is 28.0 Å². The molecule has 31 heavy (non-hydrogen) atoms. The molecule has 2 atom stereocenters. The van der Waals surface area contributed by atoms with Gasteiger partial charge in [0.05, 0.1) is 28.7 Å². The summed E-state index contributed by atoms with van der Waals surface area (Å²) in [5, 5.41) is 0. The molecule has 1 saturated heterocycles. The highest BCUT2D eigenvalue weighted by Gasteiger charge is 2.64. The van der Waals surface area contributed by atoms with E-state index in [9.17, 15) is 27.4 Å². The molecule has 0 aromatic rings. The molecule has 0 amide bonds. The predicted molar refractivity (Wildman–Crippen MR) is 121 cm³/mol. The molecule has 8 heteroatoms. The van der Waals surface area contributed by atoms with Crippen LogP contribution in [0, 0.1) is 22.7 Å². The van der Waals surface area contributed by atoms with Gasteiger partial charge in [-0.25, -0.2) is 8.42 Å². The smallest absolute Gasteiger partial charge is 0.184 e. The van der Waals surface area contributed by atoms with Gasteiger partial charge in [-0.15, -0.1) is 0 Å². The Labute approximate surface area is 189 Å². The molecule has 2 unspecified atom stereocenters. The topological polar surface area (TPSA) is 108 Å². The van der Waals surface area contributed by atoms with Gasteiger partial charge in [0.15, 0.2) is 11.5 Å².